The van der Waals surface area contributed by atoms with Crippen LogP contribution in [0.4, 0.5) is 10.1 Å². The van der Waals surface area contributed by atoms with Gasteiger partial charge in [-0.2, -0.15) is 0 Å². The zero-order valence-electron chi connectivity index (χ0n) is 8.43. The van der Waals surface area contributed by atoms with Crippen LogP contribution in [-0.4, -0.2) is 9.97 Å². The van der Waals surface area contributed by atoms with Crippen molar-refractivity contribution in [3.05, 3.63) is 48.2 Å². The fourth-order valence-electron chi connectivity index (χ4n) is 1.21. The van der Waals surface area contributed by atoms with E-state index in [2.05, 4.69) is 9.97 Å². The van der Waals surface area contributed by atoms with Crippen molar-refractivity contribution >= 4 is 17.4 Å². The molecule has 0 aliphatic rings. The molecule has 0 unspecified atom stereocenters. The topological polar surface area (TPSA) is 51.8 Å². The lowest BCUT2D eigenvalue weighted by Gasteiger charge is -2.04. The van der Waals surface area contributed by atoms with Gasteiger partial charge < -0.3 is 5.73 Å². The van der Waals surface area contributed by atoms with E-state index in [1.165, 1.54) is 23.9 Å². The summed E-state index contributed by atoms with van der Waals surface area (Å²) in [4.78, 5) is 8.09. The summed E-state index contributed by atoms with van der Waals surface area (Å²) < 4.78 is 12.8. The quantitative estimate of drug-likeness (QED) is 0.656. The third kappa shape index (κ3) is 2.70. The Kier molecular flexibility index (Phi) is 3.36. The van der Waals surface area contributed by atoms with Gasteiger partial charge in [0, 0.05) is 23.8 Å². The summed E-state index contributed by atoms with van der Waals surface area (Å²) in [5.74, 6) is 0.343. The summed E-state index contributed by atoms with van der Waals surface area (Å²) in [6, 6.07) is 4.42. The lowest BCUT2D eigenvalue weighted by Crippen LogP contribution is -1.94. The van der Waals surface area contributed by atoms with E-state index in [1.54, 1.807) is 24.7 Å². The molecule has 2 aromatic rings. The van der Waals surface area contributed by atoms with Crippen molar-refractivity contribution in [2.24, 2.45) is 0 Å². The van der Waals surface area contributed by atoms with Crippen LogP contribution in [0, 0.1) is 5.82 Å². The van der Waals surface area contributed by atoms with Gasteiger partial charge in [0.05, 0.1) is 6.20 Å². The minimum Gasteiger partial charge on any atom is -0.398 e. The van der Waals surface area contributed by atoms with Crippen molar-refractivity contribution in [1.29, 1.82) is 0 Å². The van der Waals surface area contributed by atoms with E-state index < -0.39 is 0 Å². The number of hydrogen-bond acceptors (Lipinski definition) is 4. The van der Waals surface area contributed by atoms with Gasteiger partial charge in [-0.3, -0.25) is 4.98 Å². The van der Waals surface area contributed by atoms with Gasteiger partial charge in [-0.15, -0.1) is 11.8 Å². The molecule has 3 nitrogen and oxygen atoms in total. The fraction of sp³-hybridized carbons (Fsp3) is 0.0909. The van der Waals surface area contributed by atoms with Crippen molar-refractivity contribution in [3.63, 3.8) is 0 Å². The first-order valence-corrected chi connectivity index (χ1v) is 5.67. The number of anilines is 1. The average molecular weight is 235 g/mol. The van der Waals surface area contributed by atoms with E-state index in [4.69, 9.17) is 5.73 Å². The van der Waals surface area contributed by atoms with E-state index in [0.717, 1.165) is 10.6 Å². The van der Waals surface area contributed by atoms with Crippen molar-refractivity contribution in [2.75, 3.05) is 5.73 Å². The molecule has 0 saturated heterocycles. The van der Waals surface area contributed by atoms with E-state index in [-0.39, 0.29) is 5.82 Å². The Hall–Kier alpha value is -1.62. The highest BCUT2D eigenvalue weighted by atomic mass is 32.2. The van der Waals surface area contributed by atoms with Crippen LogP contribution in [0.2, 0.25) is 0 Å². The summed E-state index contributed by atoms with van der Waals surface area (Å²) in [5.41, 5.74) is 7.07. The largest absolute Gasteiger partial charge is 0.398 e. The number of halogens is 1. The zero-order valence-corrected chi connectivity index (χ0v) is 9.25. The number of rotatable bonds is 3. The van der Waals surface area contributed by atoms with Gasteiger partial charge in [-0.1, -0.05) is 6.07 Å². The molecule has 2 rings (SSSR count). The molecule has 1 aromatic carbocycles. The highest BCUT2D eigenvalue weighted by Crippen LogP contribution is 2.23. The monoisotopic (exact) mass is 235 g/mol. The highest BCUT2D eigenvalue weighted by Gasteiger charge is 2.02. The second-order valence-corrected chi connectivity index (χ2v) is 4.17. The van der Waals surface area contributed by atoms with Crippen molar-refractivity contribution in [1.82, 2.24) is 9.97 Å². The third-order valence-corrected chi connectivity index (χ3v) is 2.98. The predicted molar refractivity (Wildman–Crippen MR) is 62.4 cm³/mol. The lowest BCUT2D eigenvalue weighted by atomic mass is 10.2. The van der Waals surface area contributed by atoms with Gasteiger partial charge in [0.1, 0.15) is 10.8 Å². The molecular weight excluding hydrogens is 225 g/mol. The molecule has 0 fully saturated rings. The van der Waals surface area contributed by atoms with Crippen LogP contribution in [-0.2, 0) is 5.75 Å². The molecule has 0 aliphatic heterocycles. The Morgan fingerprint density at radius 2 is 2.19 bits per heavy atom. The molecule has 0 atom stereocenters. The van der Waals surface area contributed by atoms with Crippen LogP contribution in [0.25, 0.3) is 0 Å². The zero-order chi connectivity index (χ0) is 11.4. The molecule has 0 bridgehead atoms. The number of aromatic nitrogens is 2. The van der Waals surface area contributed by atoms with Gasteiger partial charge in [0.15, 0.2) is 0 Å². The fourth-order valence-corrected chi connectivity index (χ4v) is 2.05. The van der Waals surface area contributed by atoms with Crippen LogP contribution >= 0.6 is 11.8 Å². The molecule has 82 valence electrons. The first-order valence-electron chi connectivity index (χ1n) is 4.68. The Morgan fingerprint density at radius 1 is 1.31 bits per heavy atom. The minimum atomic E-state index is -0.314. The lowest BCUT2D eigenvalue weighted by molar-refractivity contribution is 0.628. The smallest absolute Gasteiger partial charge is 0.125 e. The Labute approximate surface area is 96.9 Å². The number of nitrogens with two attached hydrogens (primary N) is 1. The van der Waals surface area contributed by atoms with Crippen LogP contribution in [0.3, 0.4) is 0 Å². The number of thioether (sulfide) groups is 1. The number of hydrogen-bond donors (Lipinski definition) is 1. The second-order valence-electron chi connectivity index (χ2n) is 3.18. The van der Waals surface area contributed by atoms with E-state index in [1.807, 2.05) is 0 Å². The van der Waals surface area contributed by atoms with Crippen molar-refractivity contribution in [2.45, 2.75) is 10.8 Å². The van der Waals surface area contributed by atoms with Gasteiger partial charge in [0.25, 0.3) is 0 Å². The number of benzene rings is 1. The molecule has 0 saturated carbocycles. The molecule has 5 heteroatoms. The highest BCUT2D eigenvalue weighted by molar-refractivity contribution is 7.98. The van der Waals surface area contributed by atoms with Gasteiger partial charge in [-0.25, -0.2) is 9.37 Å². The number of nitrogens with zero attached hydrogens (tertiary/aromatic N) is 2. The van der Waals surface area contributed by atoms with Crippen LogP contribution in [0.1, 0.15) is 5.56 Å². The molecular formula is C11H10FN3S. The first kappa shape index (κ1) is 10.9. The van der Waals surface area contributed by atoms with Crippen LogP contribution < -0.4 is 5.73 Å². The van der Waals surface area contributed by atoms with Crippen molar-refractivity contribution < 1.29 is 4.39 Å². The SMILES string of the molecule is Nc1cc(F)ccc1CSc1cnccn1. The molecule has 1 heterocycles. The summed E-state index contributed by atoms with van der Waals surface area (Å²) >= 11 is 1.52. The summed E-state index contributed by atoms with van der Waals surface area (Å²) in [6.07, 6.45) is 4.94. The molecule has 0 amide bonds. The predicted octanol–water partition coefficient (Wildman–Crippen LogP) is 2.49. The molecule has 0 spiro atoms. The maximum absolute atomic E-state index is 12.8. The molecule has 0 aliphatic carbocycles. The number of nitrogen functional groups attached to an aromatic ring is 1. The van der Waals surface area contributed by atoms with Gasteiger partial charge in [-0.05, 0) is 17.7 Å². The Balaban J connectivity index is 2.05. The van der Waals surface area contributed by atoms with E-state index in [9.17, 15) is 4.39 Å². The molecule has 0 radical (unpaired) electrons. The second kappa shape index (κ2) is 4.94. The molecule has 2 N–H and O–H groups in total. The summed E-state index contributed by atoms with van der Waals surface area (Å²) in [5, 5.41) is 0.825. The molecule has 16 heavy (non-hydrogen) atoms. The maximum Gasteiger partial charge on any atom is 0.125 e. The van der Waals surface area contributed by atoms with Crippen LogP contribution in [0.15, 0.2) is 41.8 Å². The normalized spacial score (nSPS) is 10.3. The van der Waals surface area contributed by atoms with Gasteiger partial charge >= 0.3 is 0 Å². The Bertz CT molecular complexity index is 476. The maximum atomic E-state index is 12.8. The van der Waals surface area contributed by atoms with Crippen LogP contribution in [0.5, 0.6) is 0 Å². The van der Waals surface area contributed by atoms with Crippen molar-refractivity contribution in [3.8, 4) is 0 Å². The third-order valence-electron chi connectivity index (χ3n) is 2.02. The first-order chi connectivity index (χ1) is 7.75. The Morgan fingerprint density at radius 3 is 2.88 bits per heavy atom. The standard InChI is InChI=1S/C11H10FN3S/c12-9-2-1-8(10(13)5-9)7-16-11-6-14-3-4-15-11/h1-6H,7,13H2. The molecule has 1 aromatic heterocycles. The summed E-state index contributed by atoms with van der Waals surface area (Å²) in [7, 11) is 0. The summed E-state index contributed by atoms with van der Waals surface area (Å²) in [6.45, 7) is 0. The van der Waals surface area contributed by atoms with E-state index in [0.29, 0.717) is 11.4 Å². The minimum absolute atomic E-state index is 0.314. The van der Waals surface area contributed by atoms with E-state index >= 15 is 0 Å². The van der Waals surface area contributed by atoms with Gasteiger partial charge in [0.2, 0.25) is 0 Å². The average Bonchev–Trinajstić information content (AvgIpc) is 2.29.